The van der Waals surface area contributed by atoms with Crippen LogP contribution in [0.2, 0.25) is 0 Å². The zero-order valence-corrected chi connectivity index (χ0v) is 12.4. The van der Waals surface area contributed by atoms with E-state index in [1.54, 1.807) is 0 Å². The van der Waals surface area contributed by atoms with Crippen molar-refractivity contribution in [3.63, 3.8) is 0 Å². The second-order valence-corrected chi connectivity index (χ2v) is 6.83. The van der Waals surface area contributed by atoms with Crippen LogP contribution >= 0.6 is 0 Å². The minimum atomic E-state index is -0.0678. The Bertz CT molecular complexity index is 398. The van der Waals surface area contributed by atoms with Crippen LogP contribution in [0.4, 0.5) is 4.79 Å². The summed E-state index contributed by atoms with van der Waals surface area (Å²) in [6, 6.07) is 0.0745. The summed E-state index contributed by atoms with van der Waals surface area (Å²) in [6.07, 6.45) is 5.37. The number of nitrogens with one attached hydrogen (secondary N) is 1. The number of likely N-dealkylation sites (tertiary alicyclic amines) is 1. The minimum absolute atomic E-state index is 0.0678. The molecule has 1 N–H and O–H groups in total. The third kappa shape index (κ3) is 2.50. The van der Waals surface area contributed by atoms with Gasteiger partial charge in [0.2, 0.25) is 5.91 Å². The van der Waals surface area contributed by atoms with Crippen LogP contribution in [0.1, 0.15) is 39.0 Å². The number of hydrogen-bond acceptors (Lipinski definition) is 2. The van der Waals surface area contributed by atoms with Gasteiger partial charge in [0.25, 0.3) is 0 Å². The summed E-state index contributed by atoms with van der Waals surface area (Å²) in [5.41, 5.74) is -0.0678. The second kappa shape index (κ2) is 5.26. The maximum Gasteiger partial charge on any atom is 0.317 e. The van der Waals surface area contributed by atoms with Crippen LogP contribution < -0.4 is 5.32 Å². The molecule has 0 unspecified atom stereocenters. The standard InChI is InChI=1S/C15H25N3O2/c1-15(5-2-6-15)13(19)17-8-3-12(4-9-17)11-18-10-7-16-14(18)20/h12H,2-11H2,1H3,(H,16,20). The normalized spacial score (nSPS) is 26.4. The van der Waals surface area contributed by atoms with Gasteiger partial charge in [-0.15, -0.1) is 0 Å². The molecule has 0 aromatic heterocycles. The Morgan fingerprint density at radius 1 is 1.30 bits per heavy atom. The molecule has 3 amide bonds. The molecule has 0 spiro atoms. The molecule has 0 aromatic carbocycles. The van der Waals surface area contributed by atoms with Gasteiger partial charge in [-0.2, -0.15) is 0 Å². The van der Waals surface area contributed by atoms with Crippen molar-refractivity contribution < 1.29 is 9.59 Å². The van der Waals surface area contributed by atoms with Crippen LogP contribution in [-0.2, 0) is 4.79 Å². The highest BCUT2D eigenvalue weighted by molar-refractivity contribution is 5.83. The van der Waals surface area contributed by atoms with Crippen LogP contribution in [-0.4, -0.2) is 54.5 Å². The first-order chi connectivity index (χ1) is 9.58. The van der Waals surface area contributed by atoms with Gasteiger partial charge in [-0.3, -0.25) is 4.79 Å². The lowest BCUT2D eigenvalue weighted by atomic mass is 9.69. The molecule has 112 valence electrons. The monoisotopic (exact) mass is 279 g/mol. The first-order valence-corrected chi connectivity index (χ1v) is 7.91. The maximum atomic E-state index is 12.5. The third-order valence-corrected chi connectivity index (χ3v) is 5.30. The van der Waals surface area contributed by atoms with Crippen molar-refractivity contribution in [2.24, 2.45) is 11.3 Å². The smallest absolute Gasteiger partial charge is 0.317 e. The van der Waals surface area contributed by atoms with E-state index in [0.29, 0.717) is 11.8 Å². The molecular formula is C15H25N3O2. The number of hydrogen-bond donors (Lipinski definition) is 1. The molecule has 3 rings (SSSR count). The lowest BCUT2D eigenvalue weighted by molar-refractivity contribution is -0.147. The molecule has 2 aliphatic heterocycles. The van der Waals surface area contributed by atoms with Gasteiger partial charge < -0.3 is 15.1 Å². The fourth-order valence-corrected chi connectivity index (χ4v) is 3.62. The summed E-state index contributed by atoms with van der Waals surface area (Å²) < 4.78 is 0. The van der Waals surface area contributed by atoms with Crippen molar-refractivity contribution in [3.05, 3.63) is 0 Å². The molecule has 0 bridgehead atoms. The molecule has 0 atom stereocenters. The Kier molecular flexibility index (Phi) is 3.61. The number of carbonyl (C=O) groups excluding carboxylic acids is 2. The zero-order valence-electron chi connectivity index (χ0n) is 12.4. The predicted octanol–water partition coefficient (Wildman–Crippen LogP) is 1.44. The third-order valence-electron chi connectivity index (χ3n) is 5.30. The number of nitrogens with zero attached hydrogens (tertiary/aromatic N) is 2. The van der Waals surface area contributed by atoms with E-state index in [9.17, 15) is 9.59 Å². The first-order valence-electron chi connectivity index (χ1n) is 7.91. The molecule has 5 nitrogen and oxygen atoms in total. The van der Waals surface area contributed by atoms with Crippen LogP contribution in [0.15, 0.2) is 0 Å². The van der Waals surface area contributed by atoms with E-state index in [4.69, 9.17) is 0 Å². The van der Waals surface area contributed by atoms with Crippen molar-refractivity contribution in [3.8, 4) is 0 Å². The zero-order chi connectivity index (χ0) is 14.2. The van der Waals surface area contributed by atoms with E-state index < -0.39 is 0 Å². The van der Waals surface area contributed by atoms with Gasteiger partial charge in [0.15, 0.2) is 0 Å². The van der Waals surface area contributed by atoms with E-state index >= 15 is 0 Å². The molecule has 2 heterocycles. The summed E-state index contributed by atoms with van der Waals surface area (Å²) in [4.78, 5) is 28.0. The highest BCUT2D eigenvalue weighted by atomic mass is 16.2. The largest absolute Gasteiger partial charge is 0.342 e. The van der Waals surface area contributed by atoms with Gasteiger partial charge in [0, 0.05) is 38.1 Å². The van der Waals surface area contributed by atoms with Crippen LogP contribution in [0.25, 0.3) is 0 Å². The van der Waals surface area contributed by atoms with Crippen LogP contribution in [0.3, 0.4) is 0 Å². The van der Waals surface area contributed by atoms with Gasteiger partial charge >= 0.3 is 6.03 Å². The molecule has 5 heteroatoms. The highest BCUT2D eigenvalue weighted by Gasteiger charge is 2.42. The molecule has 1 saturated carbocycles. The van der Waals surface area contributed by atoms with Gasteiger partial charge in [0.05, 0.1) is 0 Å². The van der Waals surface area contributed by atoms with Crippen molar-refractivity contribution >= 4 is 11.9 Å². The van der Waals surface area contributed by atoms with Gasteiger partial charge in [-0.1, -0.05) is 13.3 Å². The molecule has 1 aliphatic carbocycles. The quantitative estimate of drug-likeness (QED) is 0.850. The van der Waals surface area contributed by atoms with Gasteiger partial charge in [-0.05, 0) is 31.6 Å². The maximum absolute atomic E-state index is 12.5. The number of urea groups is 1. The molecular weight excluding hydrogens is 254 g/mol. The van der Waals surface area contributed by atoms with Crippen molar-refractivity contribution in [2.45, 2.75) is 39.0 Å². The van der Waals surface area contributed by atoms with Gasteiger partial charge in [-0.25, -0.2) is 4.79 Å². The molecule has 3 fully saturated rings. The molecule has 20 heavy (non-hydrogen) atoms. The average Bonchev–Trinajstić information content (AvgIpc) is 2.82. The second-order valence-electron chi connectivity index (χ2n) is 6.83. The minimum Gasteiger partial charge on any atom is -0.342 e. The summed E-state index contributed by atoms with van der Waals surface area (Å²) in [5.74, 6) is 0.915. The van der Waals surface area contributed by atoms with Crippen molar-refractivity contribution in [1.29, 1.82) is 0 Å². The Balaban J connectivity index is 1.47. The fourth-order valence-electron chi connectivity index (χ4n) is 3.62. The Labute approximate surface area is 120 Å². The lowest BCUT2D eigenvalue weighted by Gasteiger charge is -2.43. The van der Waals surface area contributed by atoms with Crippen LogP contribution in [0, 0.1) is 11.3 Å². The topological polar surface area (TPSA) is 52.7 Å². The number of amides is 3. The first kappa shape index (κ1) is 13.7. The van der Waals surface area contributed by atoms with E-state index in [1.807, 2.05) is 4.90 Å². The highest BCUT2D eigenvalue weighted by Crippen LogP contribution is 2.42. The Hall–Kier alpha value is -1.26. The number of carbonyl (C=O) groups is 2. The number of piperidine rings is 1. The predicted molar refractivity (Wildman–Crippen MR) is 76.2 cm³/mol. The SMILES string of the molecule is CC1(C(=O)N2CCC(CN3CCNC3=O)CC2)CCC1. The summed E-state index contributed by atoms with van der Waals surface area (Å²) in [7, 11) is 0. The van der Waals surface area contributed by atoms with E-state index in [-0.39, 0.29) is 11.4 Å². The van der Waals surface area contributed by atoms with E-state index in [2.05, 4.69) is 17.1 Å². The Morgan fingerprint density at radius 3 is 2.50 bits per heavy atom. The van der Waals surface area contributed by atoms with Gasteiger partial charge in [0.1, 0.15) is 0 Å². The molecule has 3 aliphatic rings. The number of rotatable bonds is 3. The molecule has 2 saturated heterocycles. The fraction of sp³-hybridized carbons (Fsp3) is 0.867. The van der Waals surface area contributed by atoms with E-state index in [0.717, 1.165) is 58.4 Å². The Morgan fingerprint density at radius 2 is 2.00 bits per heavy atom. The summed E-state index contributed by atoms with van der Waals surface area (Å²) >= 11 is 0. The summed E-state index contributed by atoms with van der Waals surface area (Å²) in [6.45, 7) is 6.30. The van der Waals surface area contributed by atoms with E-state index in [1.165, 1.54) is 6.42 Å². The molecule has 0 aromatic rings. The van der Waals surface area contributed by atoms with Crippen molar-refractivity contribution in [1.82, 2.24) is 15.1 Å². The van der Waals surface area contributed by atoms with Crippen LogP contribution in [0.5, 0.6) is 0 Å². The lowest BCUT2D eigenvalue weighted by Crippen LogP contribution is -2.49. The average molecular weight is 279 g/mol. The summed E-state index contributed by atoms with van der Waals surface area (Å²) in [5, 5.41) is 2.84. The molecule has 0 radical (unpaired) electrons. The van der Waals surface area contributed by atoms with Crippen molar-refractivity contribution in [2.75, 3.05) is 32.7 Å².